The van der Waals surface area contributed by atoms with Crippen LogP contribution in [0.5, 0.6) is 0 Å². The SMILES string of the molecule is c1c(C2CCCNC2)nnn1CC1CC1. The lowest BCUT2D eigenvalue weighted by molar-refractivity contribution is 0.454. The molecule has 4 heteroatoms. The normalized spacial score (nSPS) is 26.8. The summed E-state index contributed by atoms with van der Waals surface area (Å²) in [5.74, 6) is 1.47. The number of hydrogen-bond donors (Lipinski definition) is 1. The summed E-state index contributed by atoms with van der Waals surface area (Å²) >= 11 is 0. The Hall–Kier alpha value is -0.900. The highest BCUT2D eigenvalue weighted by molar-refractivity contribution is 5.04. The van der Waals surface area contributed by atoms with Crippen LogP contribution in [0.2, 0.25) is 0 Å². The fourth-order valence-corrected chi connectivity index (χ4v) is 2.26. The van der Waals surface area contributed by atoms with Crippen LogP contribution < -0.4 is 5.32 Å². The van der Waals surface area contributed by atoms with Crippen molar-refractivity contribution < 1.29 is 0 Å². The van der Waals surface area contributed by atoms with Gasteiger partial charge in [-0.1, -0.05) is 5.21 Å². The van der Waals surface area contributed by atoms with E-state index >= 15 is 0 Å². The van der Waals surface area contributed by atoms with Gasteiger partial charge >= 0.3 is 0 Å². The molecule has 0 radical (unpaired) electrons. The Morgan fingerprint density at radius 3 is 3.07 bits per heavy atom. The first-order valence-corrected chi connectivity index (χ1v) is 6.02. The quantitative estimate of drug-likeness (QED) is 0.807. The molecule has 1 unspecified atom stereocenters. The predicted molar refractivity (Wildman–Crippen MR) is 57.6 cm³/mol. The molecule has 1 atom stereocenters. The standard InChI is InChI=1S/C11H18N4/c1-2-10(6-12-5-1)11-8-15(14-13-11)7-9-3-4-9/h8-10,12H,1-7H2. The van der Waals surface area contributed by atoms with E-state index in [1.54, 1.807) is 0 Å². The maximum absolute atomic E-state index is 4.29. The Kier molecular flexibility index (Phi) is 2.44. The Labute approximate surface area is 90.0 Å². The average Bonchev–Trinajstić information content (AvgIpc) is 2.96. The van der Waals surface area contributed by atoms with Gasteiger partial charge in [-0.3, -0.25) is 4.68 Å². The molecule has 15 heavy (non-hydrogen) atoms. The van der Waals surface area contributed by atoms with Gasteiger partial charge in [-0.05, 0) is 38.1 Å². The maximum Gasteiger partial charge on any atom is 0.0870 e. The van der Waals surface area contributed by atoms with Crippen LogP contribution in [0, 0.1) is 5.92 Å². The molecule has 0 spiro atoms. The summed E-state index contributed by atoms with van der Waals surface area (Å²) in [4.78, 5) is 0. The second kappa shape index (κ2) is 3.93. The van der Waals surface area contributed by atoms with Crippen molar-refractivity contribution in [1.29, 1.82) is 0 Å². The Morgan fingerprint density at radius 2 is 2.33 bits per heavy atom. The molecule has 1 saturated carbocycles. The van der Waals surface area contributed by atoms with Crippen molar-refractivity contribution >= 4 is 0 Å². The van der Waals surface area contributed by atoms with E-state index in [9.17, 15) is 0 Å². The van der Waals surface area contributed by atoms with E-state index in [1.165, 1.54) is 31.4 Å². The molecule has 4 nitrogen and oxygen atoms in total. The second-order valence-electron chi connectivity index (χ2n) is 4.85. The molecule has 1 aromatic heterocycles. The Bertz CT molecular complexity index is 323. The highest BCUT2D eigenvalue weighted by atomic mass is 15.4. The monoisotopic (exact) mass is 206 g/mol. The predicted octanol–water partition coefficient (Wildman–Crippen LogP) is 1.16. The molecule has 1 aromatic rings. The average molecular weight is 206 g/mol. The van der Waals surface area contributed by atoms with Gasteiger partial charge in [0.2, 0.25) is 0 Å². The number of aromatic nitrogens is 3. The van der Waals surface area contributed by atoms with Crippen molar-refractivity contribution in [2.24, 2.45) is 5.92 Å². The van der Waals surface area contributed by atoms with Crippen LogP contribution in [-0.4, -0.2) is 28.1 Å². The van der Waals surface area contributed by atoms with Crippen molar-refractivity contribution in [3.05, 3.63) is 11.9 Å². The first-order chi connectivity index (χ1) is 7.42. The molecule has 1 N–H and O–H groups in total. The van der Waals surface area contributed by atoms with E-state index in [-0.39, 0.29) is 0 Å². The van der Waals surface area contributed by atoms with Crippen molar-refractivity contribution in [3.8, 4) is 0 Å². The highest BCUT2D eigenvalue weighted by Crippen LogP contribution is 2.30. The van der Waals surface area contributed by atoms with E-state index in [0.29, 0.717) is 5.92 Å². The van der Waals surface area contributed by atoms with Gasteiger partial charge in [0.25, 0.3) is 0 Å². The van der Waals surface area contributed by atoms with Crippen LogP contribution in [0.3, 0.4) is 0 Å². The number of piperidine rings is 1. The second-order valence-corrected chi connectivity index (χ2v) is 4.85. The Balaban J connectivity index is 1.65. The first-order valence-electron chi connectivity index (χ1n) is 6.02. The third-order valence-electron chi connectivity index (χ3n) is 3.41. The van der Waals surface area contributed by atoms with Gasteiger partial charge in [-0.2, -0.15) is 0 Å². The van der Waals surface area contributed by atoms with E-state index in [0.717, 1.165) is 25.6 Å². The van der Waals surface area contributed by atoms with Gasteiger partial charge in [0.15, 0.2) is 0 Å². The maximum atomic E-state index is 4.29. The first kappa shape index (κ1) is 9.33. The van der Waals surface area contributed by atoms with Crippen molar-refractivity contribution in [1.82, 2.24) is 20.3 Å². The molecule has 1 aliphatic heterocycles. The third-order valence-corrected chi connectivity index (χ3v) is 3.41. The summed E-state index contributed by atoms with van der Waals surface area (Å²) in [6.07, 6.45) is 7.42. The number of hydrogen-bond acceptors (Lipinski definition) is 3. The van der Waals surface area contributed by atoms with Gasteiger partial charge < -0.3 is 5.32 Å². The zero-order chi connectivity index (χ0) is 10.1. The summed E-state index contributed by atoms with van der Waals surface area (Å²) in [7, 11) is 0. The molecule has 1 saturated heterocycles. The molecule has 2 heterocycles. The van der Waals surface area contributed by atoms with Crippen molar-refractivity contribution in [2.75, 3.05) is 13.1 Å². The van der Waals surface area contributed by atoms with E-state index < -0.39 is 0 Å². The molecule has 0 bridgehead atoms. The van der Waals surface area contributed by atoms with Gasteiger partial charge in [0.05, 0.1) is 5.69 Å². The third kappa shape index (κ3) is 2.20. The minimum atomic E-state index is 0.590. The van der Waals surface area contributed by atoms with Crippen molar-refractivity contribution in [2.45, 2.75) is 38.1 Å². The van der Waals surface area contributed by atoms with E-state index in [4.69, 9.17) is 0 Å². The zero-order valence-electron chi connectivity index (χ0n) is 9.02. The molecule has 1 aliphatic carbocycles. The molecule has 0 amide bonds. The van der Waals surface area contributed by atoms with Crippen LogP contribution in [0.1, 0.15) is 37.3 Å². The molecule has 82 valence electrons. The molecule has 2 fully saturated rings. The lowest BCUT2D eigenvalue weighted by atomic mass is 9.97. The number of nitrogens with zero attached hydrogens (tertiary/aromatic N) is 3. The van der Waals surface area contributed by atoms with Gasteiger partial charge in [-0.25, -0.2) is 0 Å². The number of rotatable bonds is 3. The Morgan fingerprint density at radius 1 is 1.40 bits per heavy atom. The van der Waals surface area contributed by atoms with E-state index in [2.05, 4.69) is 21.8 Å². The summed E-state index contributed by atoms with van der Waals surface area (Å²) in [5.41, 5.74) is 1.18. The van der Waals surface area contributed by atoms with Crippen LogP contribution in [0.15, 0.2) is 6.20 Å². The fourth-order valence-electron chi connectivity index (χ4n) is 2.26. The lowest BCUT2D eigenvalue weighted by Crippen LogP contribution is -2.28. The zero-order valence-corrected chi connectivity index (χ0v) is 9.02. The minimum Gasteiger partial charge on any atom is -0.316 e. The van der Waals surface area contributed by atoms with Gasteiger partial charge in [-0.15, -0.1) is 5.10 Å². The minimum absolute atomic E-state index is 0.590. The summed E-state index contributed by atoms with van der Waals surface area (Å²) in [6.45, 7) is 3.31. The highest BCUT2D eigenvalue weighted by Gasteiger charge is 2.23. The molecule has 3 rings (SSSR count). The number of nitrogens with one attached hydrogen (secondary N) is 1. The topological polar surface area (TPSA) is 42.7 Å². The van der Waals surface area contributed by atoms with Crippen LogP contribution in [-0.2, 0) is 6.54 Å². The molecule has 2 aliphatic rings. The van der Waals surface area contributed by atoms with Crippen LogP contribution in [0.4, 0.5) is 0 Å². The van der Waals surface area contributed by atoms with Gasteiger partial charge in [0, 0.05) is 25.2 Å². The lowest BCUT2D eigenvalue weighted by Gasteiger charge is -2.20. The smallest absolute Gasteiger partial charge is 0.0870 e. The molecule has 0 aromatic carbocycles. The van der Waals surface area contributed by atoms with E-state index in [1.807, 2.05) is 4.68 Å². The van der Waals surface area contributed by atoms with Crippen LogP contribution in [0.25, 0.3) is 0 Å². The summed E-state index contributed by atoms with van der Waals surface area (Å²) < 4.78 is 2.03. The molecular weight excluding hydrogens is 188 g/mol. The van der Waals surface area contributed by atoms with Gasteiger partial charge in [0.1, 0.15) is 0 Å². The summed E-state index contributed by atoms with van der Waals surface area (Å²) in [6, 6.07) is 0. The molecular formula is C11H18N4. The van der Waals surface area contributed by atoms with Crippen LogP contribution >= 0.6 is 0 Å². The fraction of sp³-hybridized carbons (Fsp3) is 0.818. The largest absolute Gasteiger partial charge is 0.316 e. The summed E-state index contributed by atoms with van der Waals surface area (Å²) in [5, 5.41) is 11.9. The van der Waals surface area contributed by atoms with Crippen molar-refractivity contribution in [3.63, 3.8) is 0 Å².